The molecule has 0 atom stereocenters. The minimum atomic E-state index is -0.581. The monoisotopic (exact) mass is 339 g/mol. The van der Waals surface area contributed by atoms with Crippen LogP contribution in [0, 0.1) is 0 Å². The summed E-state index contributed by atoms with van der Waals surface area (Å²) in [6, 6.07) is 10.1. The van der Waals surface area contributed by atoms with E-state index in [2.05, 4.69) is 0 Å². The average molecular weight is 339 g/mol. The van der Waals surface area contributed by atoms with Gasteiger partial charge in [-0.15, -0.1) is 0 Å². The largest absolute Gasteiger partial charge is 0.493 e. The number of nitrogens with one attached hydrogen (secondary N) is 1. The Kier molecular flexibility index (Phi) is 4.54. The van der Waals surface area contributed by atoms with E-state index in [0.717, 1.165) is 11.1 Å². The number of ketones is 1. The molecule has 0 unspecified atom stereocenters. The molecular formula is C19H17NO5. The standard InChI is InChI=1S/C19H17NO5/c1-24-16-9-13-8-14(18(21)15(13)10-17(16)25-2)7-11-3-5-12(6-4-11)19(22)20-23/h3-7,9-10,23H,8H2,1-2H3,(H,20,22)/b14-7-. The van der Waals surface area contributed by atoms with E-state index in [1.165, 1.54) is 7.11 Å². The number of hydrogen-bond acceptors (Lipinski definition) is 5. The van der Waals surface area contributed by atoms with Crippen LogP contribution in [0.1, 0.15) is 31.8 Å². The molecule has 128 valence electrons. The van der Waals surface area contributed by atoms with Crippen molar-refractivity contribution in [3.05, 3.63) is 64.2 Å². The lowest BCUT2D eigenvalue weighted by Gasteiger charge is -2.08. The van der Waals surface area contributed by atoms with Crippen LogP contribution in [0.15, 0.2) is 42.0 Å². The third-order valence-corrected chi connectivity index (χ3v) is 4.14. The van der Waals surface area contributed by atoms with E-state index in [-0.39, 0.29) is 5.78 Å². The zero-order chi connectivity index (χ0) is 18.0. The number of allylic oxidation sites excluding steroid dienone is 1. The van der Waals surface area contributed by atoms with Crippen molar-refractivity contribution in [1.29, 1.82) is 0 Å². The maximum atomic E-state index is 12.6. The normalized spacial score (nSPS) is 14.4. The van der Waals surface area contributed by atoms with Crippen LogP contribution < -0.4 is 15.0 Å². The number of amides is 1. The molecule has 2 aromatic carbocycles. The van der Waals surface area contributed by atoms with Crippen LogP contribution in [0.2, 0.25) is 0 Å². The molecule has 25 heavy (non-hydrogen) atoms. The Balaban J connectivity index is 1.90. The van der Waals surface area contributed by atoms with Gasteiger partial charge >= 0.3 is 0 Å². The molecule has 0 heterocycles. The zero-order valence-electron chi connectivity index (χ0n) is 13.8. The Labute approximate surface area is 144 Å². The van der Waals surface area contributed by atoms with Gasteiger partial charge in [0.2, 0.25) is 0 Å². The Bertz CT molecular complexity index is 868. The van der Waals surface area contributed by atoms with Crippen LogP contribution in [-0.2, 0) is 6.42 Å². The fraction of sp³-hybridized carbons (Fsp3) is 0.158. The van der Waals surface area contributed by atoms with E-state index in [1.807, 2.05) is 6.07 Å². The average Bonchev–Trinajstić information content (AvgIpc) is 2.95. The van der Waals surface area contributed by atoms with Crippen LogP contribution in [0.25, 0.3) is 6.08 Å². The number of carbonyl (C=O) groups is 2. The molecule has 0 aromatic heterocycles. The first-order valence-corrected chi connectivity index (χ1v) is 7.62. The maximum Gasteiger partial charge on any atom is 0.274 e. The van der Waals surface area contributed by atoms with Gasteiger partial charge in [-0.2, -0.15) is 0 Å². The van der Waals surface area contributed by atoms with Gasteiger partial charge in [0, 0.05) is 23.1 Å². The summed E-state index contributed by atoms with van der Waals surface area (Å²) in [4.78, 5) is 24.0. The fourth-order valence-electron chi connectivity index (χ4n) is 2.85. The maximum absolute atomic E-state index is 12.6. The Morgan fingerprint density at radius 1 is 1.12 bits per heavy atom. The number of rotatable bonds is 4. The van der Waals surface area contributed by atoms with Gasteiger partial charge in [0.15, 0.2) is 17.3 Å². The molecule has 6 heteroatoms. The highest BCUT2D eigenvalue weighted by molar-refractivity contribution is 6.16. The van der Waals surface area contributed by atoms with Crippen molar-refractivity contribution >= 4 is 17.8 Å². The van der Waals surface area contributed by atoms with Gasteiger partial charge in [0.05, 0.1) is 14.2 Å². The van der Waals surface area contributed by atoms with Gasteiger partial charge in [-0.25, -0.2) is 5.48 Å². The molecule has 0 saturated heterocycles. The first-order valence-electron chi connectivity index (χ1n) is 7.62. The minimum absolute atomic E-state index is 0.0480. The molecule has 0 saturated carbocycles. The molecule has 0 radical (unpaired) electrons. The van der Waals surface area contributed by atoms with Crippen molar-refractivity contribution in [2.45, 2.75) is 6.42 Å². The number of Topliss-reactive ketones (excluding diaryl/α,β-unsaturated/α-hetero) is 1. The molecule has 1 amide bonds. The van der Waals surface area contributed by atoms with Crippen molar-refractivity contribution in [3.63, 3.8) is 0 Å². The van der Waals surface area contributed by atoms with Crippen LogP contribution in [-0.4, -0.2) is 31.1 Å². The van der Waals surface area contributed by atoms with Crippen molar-refractivity contribution in [1.82, 2.24) is 5.48 Å². The molecule has 0 aliphatic heterocycles. The number of fused-ring (bicyclic) bond motifs is 1. The van der Waals surface area contributed by atoms with Crippen molar-refractivity contribution in [2.75, 3.05) is 14.2 Å². The van der Waals surface area contributed by atoms with Crippen LogP contribution in [0.4, 0.5) is 0 Å². The lowest BCUT2D eigenvalue weighted by Crippen LogP contribution is -2.18. The second kappa shape index (κ2) is 6.78. The topological polar surface area (TPSA) is 84.9 Å². The van der Waals surface area contributed by atoms with E-state index in [4.69, 9.17) is 14.7 Å². The highest BCUT2D eigenvalue weighted by Gasteiger charge is 2.27. The molecule has 2 N–H and O–H groups in total. The number of hydroxylamine groups is 1. The third-order valence-electron chi connectivity index (χ3n) is 4.14. The Morgan fingerprint density at radius 3 is 2.36 bits per heavy atom. The van der Waals surface area contributed by atoms with Crippen LogP contribution in [0.5, 0.6) is 11.5 Å². The van der Waals surface area contributed by atoms with E-state index in [1.54, 1.807) is 49.0 Å². The zero-order valence-corrected chi connectivity index (χ0v) is 13.8. The lowest BCUT2D eigenvalue weighted by molar-refractivity contribution is 0.0706. The SMILES string of the molecule is COc1cc2c(cc1OC)C(=O)/C(=C\c1ccc(C(=O)NO)cc1)C2. The fourth-order valence-corrected chi connectivity index (χ4v) is 2.85. The smallest absolute Gasteiger partial charge is 0.274 e. The molecule has 1 aliphatic carbocycles. The molecule has 2 aromatic rings. The number of methoxy groups -OCH3 is 2. The molecule has 1 aliphatic rings. The van der Waals surface area contributed by atoms with E-state index in [9.17, 15) is 9.59 Å². The van der Waals surface area contributed by atoms with Crippen molar-refractivity contribution in [3.8, 4) is 11.5 Å². The quantitative estimate of drug-likeness (QED) is 0.508. The summed E-state index contributed by atoms with van der Waals surface area (Å²) in [5.74, 6) is 0.487. The predicted octanol–water partition coefficient (Wildman–Crippen LogP) is 2.65. The second-order valence-corrected chi connectivity index (χ2v) is 5.60. The van der Waals surface area contributed by atoms with Gasteiger partial charge in [-0.1, -0.05) is 12.1 Å². The number of ether oxygens (including phenoxy) is 2. The summed E-state index contributed by atoms with van der Waals surface area (Å²) in [7, 11) is 3.09. The molecule has 6 nitrogen and oxygen atoms in total. The summed E-state index contributed by atoms with van der Waals surface area (Å²) in [5, 5.41) is 8.63. The van der Waals surface area contributed by atoms with E-state index in [0.29, 0.717) is 34.6 Å². The van der Waals surface area contributed by atoms with Crippen molar-refractivity contribution < 1.29 is 24.3 Å². The summed E-state index contributed by atoms with van der Waals surface area (Å²) in [6.07, 6.45) is 2.30. The van der Waals surface area contributed by atoms with E-state index < -0.39 is 5.91 Å². The third kappa shape index (κ3) is 3.12. The van der Waals surface area contributed by atoms with E-state index >= 15 is 0 Å². The molecule has 0 bridgehead atoms. The van der Waals surface area contributed by atoms with Gasteiger partial charge in [0.25, 0.3) is 5.91 Å². The highest BCUT2D eigenvalue weighted by atomic mass is 16.5. The summed E-state index contributed by atoms with van der Waals surface area (Å²) in [5.41, 5.74) is 4.87. The molecule has 3 rings (SSSR count). The minimum Gasteiger partial charge on any atom is -0.493 e. The van der Waals surface area contributed by atoms with Crippen LogP contribution >= 0.6 is 0 Å². The molecular weight excluding hydrogens is 322 g/mol. The van der Waals surface area contributed by atoms with Gasteiger partial charge in [0.1, 0.15) is 0 Å². The first-order chi connectivity index (χ1) is 12.1. The summed E-state index contributed by atoms with van der Waals surface area (Å²) in [6.45, 7) is 0. The second-order valence-electron chi connectivity index (χ2n) is 5.60. The number of benzene rings is 2. The lowest BCUT2D eigenvalue weighted by atomic mass is 10.1. The first kappa shape index (κ1) is 16.7. The van der Waals surface area contributed by atoms with Crippen molar-refractivity contribution in [2.24, 2.45) is 0 Å². The Morgan fingerprint density at radius 2 is 1.76 bits per heavy atom. The van der Waals surface area contributed by atoms with Gasteiger partial charge in [-0.05, 0) is 41.5 Å². The summed E-state index contributed by atoms with van der Waals surface area (Å²) < 4.78 is 10.5. The molecule has 0 spiro atoms. The number of hydrogen-bond donors (Lipinski definition) is 2. The Hall–Kier alpha value is -3.12. The highest BCUT2D eigenvalue weighted by Crippen LogP contribution is 2.37. The summed E-state index contributed by atoms with van der Waals surface area (Å²) >= 11 is 0. The number of carbonyl (C=O) groups excluding carboxylic acids is 2. The molecule has 0 fully saturated rings. The van der Waals surface area contributed by atoms with Crippen LogP contribution in [0.3, 0.4) is 0 Å². The van der Waals surface area contributed by atoms with Gasteiger partial charge < -0.3 is 9.47 Å². The van der Waals surface area contributed by atoms with Gasteiger partial charge in [-0.3, -0.25) is 14.8 Å². The predicted molar refractivity (Wildman–Crippen MR) is 91.3 cm³/mol.